The van der Waals surface area contributed by atoms with Gasteiger partial charge in [0, 0.05) is 17.4 Å². The molecule has 0 spiro atoms. The molecule has 1 atom stereocenters. The number of Topliss-reactive ketones (excluding diaryl/α,β-unsaturated/α-hetero) is 1. The average Bonchev–Trinajstić information content (AvgIpc) is 2.35. The van der Waals surface area contributed by atoms with Gasteiger partial charge in [0.1, 0.15) is 5.82 Å². The van der Waals surface area contributed by atoms with E-state index in [1.54, 1.807) is 23.9 Å². The van der Waals surface area contributed by atoms with E-state index in [1.807, 2.05) is 11.9 Å². The smallest absolute Gasteiger partial charge is 0.176 e. The molecule has 1 aromatic carbocycles. The number of halogens is 1. The Bertz CT molecular complexity index is 397. The fourth-order valence-corrected chi connectivity index (χ4v) is 2.73. The summed E-state index contributed by atoms with van der Waals surface area (Å²) in [7, 11) is 1.95. The topological polar surface area (TPSA) is 20.3 Å². The SMILES string of the molecule is CCC(CSC)N(C)CC(=O)c1cccc(F)c1. The first-order valence-corrected chi connectivity index (χ1v) is 7.45. The minimum absolute atomic E-state index is 0.0310. The molecule has 0 heterocycles. The van der Waals surface area contributed by atoms with E-state index >= 15 is 0 Å². The van der Waals surface area contributed by atoms with Gasteiger partial charge in [-0.05, 0) is 31.9 Å². The molecule has 0 aliphatic carbocycles. The minimum atomic E-state index is -0.361. The Morgan fingerprint density at radius 1 is 1.50 bits per heavy atom. The van der Waals surface area contributed by atoms with Crippen LogP contribution >= 0.6 is 11.8 Å². The summed E-state index contributed by atoms with van der Waals surface area (Å²) >= 11 is 1.78. The van der Waals surface area contributed by atoms with E-state index in [4.69, 9.17) is 0 Å². The zero-order valence-corrected chi connectivity index (χ0v) is 12.0. The highest BCUT2D eigenvalue weighted by atomic mass is 32.2. The second kappa shape index (κ2) is 7.54. The Balaban J connectivity index is 2.63. The molecule has 1 unspecified atom stereocenters. The van der Waals surface area contributed by atoms with E-state index in [0.29, 0.717) is 18.2 Å². The van der Waals surface area contributed by atoms with E-state index in [9.17, 15) is 9.18 Å². The van der Waals surface area contributed by atoms with Crippen LogP contribution in [-0.2, 0) is 0 Å². The van der Waals surface area contributed by atoms with Gasteiger partial charge in [-0.25, -0.2) is 4.39 Å². The van der Waals surface area contributed by atoms with Gasteiger partial charge in [-0.1, -0.05) is 19.1 Å². The van der Waals surface area contributed by atoms with Crippen LogP contribution < -0.4 is 0 Å². The van der Waals surface area contributed by atoms with Gasteiger partial charge in [0.25, 0.3) is 0 Å². The first-order chi connectivity index (χ1) is 8.58. The van der Waals surface area contributed by atoms with Crippen LogP contribution in [0.2, 0.25) is 0 Å². The fraction of sp³-hybridized carbons (Fsp3) is 0.500. The zero-order valence-electron chi connectivity index (χ0n) is 11.1. The third-order valence-corrected chi connectivity index (χ3v) is 3.71. The van der Waals surface area contributed by atoms with Gasteiger partial charge in [-0.2, -0.15) is 11.8 Å². The number of thioether (sulfide) groups is 1. The van der Waals surface area contributed by atoms with Crippen molar-refractivity contribution in [2.75, 3.05) is 25.6 Å². The standard InChI is InChI=1S/C14H20FNOS/c1-4-13(10-18-3)16(2)9-14(17)11-6-5-7-12(15)8-11/h5-8,13H,4,9-10H2,1-3H3. The number of carbonyl (C=O) groups is 1. The zero-order chi connectivity index (χ0) is 13.5. The predicted octanol–water partition coefficient (Wildman–Crippen LogP) is 3.08. The van der Waals surface area contributed by atoms with Crippen LogP contribution in [0.3, 0.4) is 0 Å². The summed E-state index contributed by atoms with van der Waals surface area (Å²) in [5.74, 6) is 0.611. The Hall–Kier alpha value is -0.870. The number of benzene rings is 1. The van der Waals surface area contributed by atoms with Gasteiger partial charge >= 0.3 is 0 Å². The largest absolute Gasteiger partial charge is 0.295 e. The van der Waals surface area contributed by atoms with Crippen molar-refractivity contribution in [2.45, 2.75) is 19.4 Å². The Kier molecular flexibility index (Phi) is 6.36. The second-order valence-electron chi connectivity index (χ2n) is 4.37. The molecule has 2 nitrogen and oxygen atoms in total. The molecular weight excluding hydrogens is 249 g/mol. The molecule has 100 valence electrons. The summed E-state index contributed by atoms with van der Waals surface area (Å²) in [6.45, 7) is 2.45. The van der Waals surface area contributed by atoms with Gasteiger partial charge in [-0.3, -0.25) is 9.69 Å². The highest BCUT2D eigenvalue weighted by molar-refractivity contribution is 7.98. The summed E-state index contributed by atoms with van der Waals surface area (Å²) in [4.78, 5) is 14.1. The van der Waals surface area contributed by atoms with Crippen molar-refractivity contribution in [2.24, 2.45) is 0 Å². The van der Waals surface area contributed by atoms with E-state index in [1.165, 1.54) is 12.1 Å². The fourth-order valence-electron chi connectivity index (χ4n) is 1.86. The number of rotatable bonds is 7. The normalized spacial score (nSPS) is 12.7. The minimum Gasteiger partial charge on any atom is -0.295 e. The van der Waals surface area contributed by atoms with Gasteiger partial charge in [0.05, 0.1) is 6.54 Å². The number of ketones is 1. The molecule has 0 aliphatic heterocycles. The van der Waals surface area contributed by atoms with Crippen LogP contribution in [0.5, 0.6) is 0 Å². The lowest BCUT2D eigenvalue weighted by atomic mass is 10.1. The monoisotopic (exact) mass is 269 g/mol. The van der Waals surface area contributed by atoms with Gasteiger partial charge in [0.2, 0.25) is 0 Å². The van der Waals surface area contributed by atoms with Crippen LogP contribution in [0.1, 0.15) is 23.7 Å². The maximum Gasteiger partial charge on any atom is 0.176 e. The molecule has 0 aromatic heterocycles. The molecule has 0 radical (unpaired) electrons. The molecule has 0 N–H and O–H groups in total. The molecule has 1 rings (SSSR count). The van der Waals surface area contributed by atoms with Crippen molar-refractivity contribution < 1.29 is 9.18 Å². The van der Waals surface area contributed by atoms with E-state index in [0.717, 1.165) is 12.2 Å². The van der Waals surface area contributed by atoms with Crippen molar-refractivity contribution >= 4 is 17.5 Å². The summed E-state index contributed by atoms with van der Waals surface area (Å²) in [6, 6.07) is 6.27. The molecule has 18 heavy (non-hydrogen) atoms. The van der Waals surface area contributed by atoms with E-state index in [2.05, 4.69) is 13.2 Å². The van der Waals surface area contributed by atoms with Gasteiger partial charge < -0.3 is 0 Å². The third kappa shape index (κ3) is 4.42. The Labute approximate surface area is 113 Å². The molecule has 0 saturated heterocycles. The summed E-state index contributed by atoms with van der Waals surface area (Å²) in [5.41, 5.74) is 0.445. The lowest BCUT2D eigenvalue weighted by Gasteiger charge is -2.25. The number of likely N-dealkylation sites (N-methyl/N-ethyl adjacent to an activating group) is 1. The third-order valence-electron chi connectivity index (χ3n) is 2.99. The van der Waals surface area contributed by atoms with Crippen LogP contribution in [0.25, 0.3) is 0 Å². The van der Waals surface area contributed by atoms with Crippen LogP contribution in [0, 0.1) is 5.82 Å². The molecule has 0 fully saturated rings. The maximum atomic E-state index is 13.0. The lowest BCUT2D eigenvalue weighted by molar-refractivity contribution is 0.0924. The number of hydrogen-bond donors (Lipinski definition) is 0. The average molecular weight is 269 g/mol. The Morgan fingerprint density at radius 2 is 2.22 bits per heavy atom. The van der Waals surface area contributed by atoms with Gasteiger partial charge in [-0.15, -0.1) is 0 Å². The van der Waals surface area contributed by atoms with Crippen molar-refractivity contribution in [1.29, 1.82) is 0 Å². The van der Waals surface area contributed by atoms with Crippen molar-refractivity contribution in [3.8, 4) is 0 Å². The second-order valence-corrected chi connectivity index (χ2v) is 5.28. The molecule has 0 saturated carbocycles. The molecule has 0 aliphatic rings. The van der Waals surface area contributed by atoms with Crippen molar-refractivity contribution in [3.05, 3.63) is 35.6 Å². The summed E-state index contributed by atoms with van der Waals surface area (Å²) in [6.07, 6.45) is 3.07. The van der Waals surface area contributed by atoms with Crippen LogP contribution in [0.15, 0.2) is 24.3 Å². The predicted molar refractivity (Wildman–Crippen MR) is 75.8 cm³/mol. The number of nitrogens with zero attached hydrogens (tertiary/aromatic N) is 1. The molecule has 0 amide bonds. The highest BCUT2D eigenvalue weighted by Crippen LogP contribution is 2.10. The molecule has 0 bridgehead atoms. The lowest BCUT2D eigenvalue weighted by Crippen LogP contribution is -2.37. The van der Waals surface area contributed by atoms with Crippen molar-refractivity contribution in [3.63, 3.8) is 0 Å². The quantitative estimate of drug-likeness (QED) is 0.710. The summed E-state index contributed by atoms with van der Waals surface area (Å²) < 4.78 is 13.0. The number of carbonyl (C=O) groups excluding carboxylic acids is 1. The first kappa shape index (κ1) is 15.2. The van der Waals surface area contributed by atoms with Crippen LogP contribution in [-0.4, -0.2) is 42.3 Å². The highest BCUT2D eigenvalue weighted by Gasteiger charge is 2.16. The van der Waals surface area contributed by atoms with E-state index in [-0.39, 0.29) is 11.6 Å². The summed E-state index contributed by atoms with van der Waals surface area (Å²) in [5, 5.41) is 0. The number of hydrogen-bond acceptors (Lipinski definition) is 3. The Morgan fingerprint density at radius 3 is 2.78 bits per heavy atom. The molecule has 1 aromatic rings. The van der Waals surface area contributed by atoms with Crippen LogP contribution in [0.4, 0.5) is 4.39 Å². The molecule has 4 heteroatoms. The van der Waals surface area contributed by atoms with Gasteiger partial charge in [0.15, 0.2) is 5.78 Å². The first-order valence-electron chi connectivity index (χ1n) is 6.06. The maximum absolute atomic E-state index is 13.0. The van der Waals surface area contributed by atoms with Crippen molar-refractivity contribution in [1.82, 2.24) is 4.90 Å². The van der Waals surface area contributed by atoms with E-state index < -0.39 is 0 Å². The molecular formula is C14H20FNOS.